The van der Waals surface area contributed by atoms with Crippen LogP contribution in [0.25, 0.3) is 11.0 Å². The van der Waals surface area contributed by atoms with Crippen LogP contribution in [0, 0.1) is 0 Å². The molecule has 0 atom stereocenters. The molecule has 4 nitrogen and oxygen atoms in total. The van der Waals surface area contributed by atoms with Crippen molar-refractivity contribution in [1.82, 2.24) is 14.5 Å². The highest BCUT2D eigenvalue weighted by molar-refractivity contribution is 5.76. The van der Waals surface area contributed by atoms with Crippen LogP contribution in [0.15, 0.2) is 23.0 Å². The highest BCUT2D eigenvalue weighted by Gasteiger charge is 2.07. The third kappa shape index (κ3) is 2.89. The summed E-state index contributed by atoms with van der Waals surface area (Å²) < 4.78 is 3.39. The van der Waals surface area contributed by atoms with Gasteiger partial charge in [-0.3, -0.25) is 9.13 Å². The molecule has 4 heteroatoms. The van der Waals surface area contributed by atoms with E-state index in [1.54, 1.807) is 9.13 Å². The minimum absolute atomic E-state index is 0.0306. The molecule has 0 aliphatic rings. The molecule has 0 saturated heterocycles. The van der Waals surface area contributed by atoms with Gasteiger partial charge in [0.05, 0.1) is 11.0 Å². The Morgan fingerprint density at radius 1 is 1.11 bits per heavy atom. The van der Waals surface area contributed by atoms with E-state index >= 15 is 0 Å². The number of hydrogen-bond acceptors (Lipinski definition) is 2. The van der Waals surface area contributed by atoms with Crippen LogP contribution in [0.2, 0.25) is 0 Å². The first-order chi connectivity index (χ1) is 9.15. The lowest BCUT2D eigenvalue weighted by molar-refractivity contribution is 0.617. The van der Waals surface area contributed by atoms with Crippen molar-refractivity contribution >= 4 is 11.0 Å². The molecule has 0 amide bonds. The quantitative estimate of drug-likeness (QED) is 0.809. The Hall–Kier alpha value is -1.55. The van der Waals surface area contributed by atoms with Gasteiger partial charge in [-0.15, -0.1) is 0 Å². The first kappa shape index (κ1) is 13.9. The summed E-state index contributed by atoms with van der Waals surface area (Å²) in [5.74, 6) is 0. The van der Waals surface area contributed by atoms with E-state index in [-0.39, 0.29) is 5.69 Å². The lowest BCUT2D eigenvalue weighted by Gasteiger charge is -2.05. The summed E-state index contributed by atoms with van der Waals surface area (Å²) in [5.41, 5.74) is 3.25. The van der Waals surface area contributed by atoms with Crippen molar-refractivity contribution in [3.63, 3.8) is 0 Å². The van der Waals surface area contributed by atoms with Gasteiger partial charge in [0, 0.05) is 20.6 Å². The zero-order chi connectivity index (χ0) is 13.8. The molecule has 0 saturated carbocycles. The first-order valence-corrected chi connectivity index (χ1v) is 7.00. The van der Waals surface area contributed by atoms with Gasteiger partial charge in [-0.1, -0.05) is 25.8 Å². The van der Waals surface area contributed by atoms with Crippen LogP contribution in [0.4, 0.5) is 0 Å². The monoisotopic (exact) mass is 261 g/mol. The van der Waals surface area contributed by atoms with Crippen LogP contribution in [0.1, 0.15) is 31.7 Å². The number of rotatable bonds is 6. The van der Waals surface area contributed by atoms with E-state index in [1.807, 2.05) is 20.2 Å². The SMILES string of the molecule is CCCCCNCc1ccc2c(c1)n(C)c(=O)n2C. The fraction of sp³-hybridized carbons (Fsp3) is 0.533. The van der Waals surface area contributed by atoms with Gasteiger partial charge in [-0.25, -0.2) is 4.79 Å². The van der Waals surface area contributed by atoms with Gasteiger partial charge in [-0.05, 0) is 30.7 Å². The Morgan fingerprint density at radius 3 is 2.58 bits per heavy atom. The number of nitrogens with zero attached hydrogens (tertiary/aromatic N) is 2. The number of nitrogens with one attached hydrogen (secondary N) is 1. The molecule has 2 rings (SSSR count). The minimum Gasteiger partial charge on any atom is -0.313 e. The summed E-state index contributed by atoms with van der Waals surface area (Å²) in [6.07, 6.45) is 3.75. The van der Waals surface area contributed by atoms with Gasteiger partial charge in [0.25, 0.3) is 0 Å². The van der Waals surface area contributed by atoms with Gasteiger partial charge in [-0.2, -0.15) is 0 Å². The number of imidazole rings is 1. The molecule has 1 aromatic heterocycles. The van der Waals surface area contributed by atoms with Crippen molar-refractivity contribution in [2.24, 2.45) is 14.1 Å². The van der Waals surface area contributed by atoms with E-state index in [4.69, 9.17) is 0 Å². The van der Waals surface area contributed by atoms with Gasteiger partial charge in [0.1, 0.15) is 0 Å². The molecule has 2 aromatic rings. The molecule has 0 spiro atoms. The third-order valence-corrected chi connectivity index (χ3v) is 3.62. The average molecular weight is 261 g/mol. The molecular formula is C15H23N3O. The predicted molar refractivity (Wildman–Crippen MR) is 79.4 cm³/mol. The summed E-state index contributed by atoms with van der Waals surface area (Å²) in [7, 11) is 3.64. The smallest absolute Gasteiger partial charge is 0.313 e. The van der Waals surface area contributed by atoms with E-state index in [9.17, 15) is 4.79 Å². The molecule has 104 valence electrons. The Morgan fingerprint density at radius 2 is 1.84 bits per heavy atom. The van der Waals surface area contributed by atoms with Crippen molar-refractivity contribution in [3.8, 4) is 0 Å². The number of benzene rings is 1. The number of aryl methyl sites for hydroxylation is 2. The van der Waals surface area contributed by atoms with Gasteiger partial charge in [0.2, 0.25) is 0 Å². The highest BCUT2D eigenvalue weighted by Crippen LogP contribution is 2.13. The normalized spacial score (nSPS) is 11.3. The van der Waals surface area contributed by atoms with Crippen LogP contribution >= 0.6 is 0 Å². The Labute approximate surface area is 114 Å². The van der Waals surface area contributed by atoms with Gasteiger partial charge in [0.15, 0.2) is 0 Å². The largest absolute Gasteiger partial charge is 0.328 e. The van der Waals surface area contributed by atoms with Crippen LogP contribution in [-0.2, 0) is 20.6 Å². The molecule has 1 N–H and O–H groups in total. The van der Waals surface area contributed by atoms with Crippen molar-refractivity contribution < 1.29 is 0 Å². The molecular weight excluding hydrogens is 238 g/mol. The topological polar surface area (TPSA) is 39.0 Å². The van der Waals surface area contributed by atoms with Crippen LogP contribution in [0.3, 0.4) is 0 Å². The van der Waals surface area contributed by atoms with E-state index in [0.29, 0.717) is 0 Å². The maximum Gasteiger partial charge on any atom is 0.328 e. The highest BCUT2D eigenvalue weighted by atomic mass is 16.1. The predicted octanol–water partition coefficient (Wildman–Crippen LogP) is 2.16. The molecule has 0 aliphatic heterocycles. The Bertz CT molecular complexity index is 610. The fourth-order valence-electron chi connectivity index (χ4n) is 2.40. The summed E-state index contributed by atoms with van der Waals surface area (Å²) in [6, 6.07) is 6.22. The number of unbranched alkanes of at least 4 members (excludes halogenated alkanes) is 2. The zero-order valence-corrected chi connectivity index (χ0v) is 12.1. The van der Waals surface area contributed by atoms with Crippen molar-refractivity contribution in [2.75, 3.05) is 6.54 Å². The van der Waals surface area contributed by atoms with Crippen LogP contribution in [0.5, 0.6) is 0 Å². The third-order valence-electron chi connectivity index (χ3n) is 3.62. The van der Waals surface area contributed by atoms with E-state index < -0.39 is 0 Å². The Kier molecular flexibility index (Phi) is 4.43. The molecule has 0 aliphatic carbocycles. The molecule has 0 fully saturated rings. The fourth-order valence-corrected chi connectivity index (χ4v) is 2.40. The molecule has 1 aromatic carbocycles. The first-order valence-electron chi connectivity index (χ1n) is 7.00. The minimum atomic E-state index is 0.0306. The van der Waals surface area contributed by atoms with E-state index in [0.717, 1.165) is 24.1 Å². The number of aromatic nitrogens is 2. The molecule has 0 bridgehead atoms. The lowest BCUT2D eigenvalue weighted by atomic mass is 10.2. The van der Waals surface area contributed by atoms with Crippen molar-refractivity contribution in [1.29, 1.82) is 0 Å². The van der Waals surface area contributed by atoms with E-state index in [1.165, 1.54) is 24.8 Å². The lowest BCUT2D eigenvalue weighted by Crippen LogP contribution is -2.19. The second kappa shape index (κ2) is 6.06. The van der Waals surface area contributed by atoms with Crippen molar-refractivity contribution in [3.05, 3.63) is 34.2 Å². The molecule has 0 unspecified atom stereocenters. The van der Waals surface area contributed by atoms with Crippen molar-refractivity contribution in [2.45, 2.75) is 32.7 Å². The number of fused-ring (bicyclic) bond motifs is 1. The van der Waals surface area contributed by atoms with E-state index in [2.05, 4.69) is 24.4 Å². The molecule has 0 radical (unpaired) electrons. The average Bonchev–Trinajstić information content (AvgIpc) is 2.64. The summed E-state index contributed by atoms with van der Waals surface area (Å²) >= 11 is 0. The van der Waals surface area contributed by atoms with Gasteiger partial charge >= 0.3 is 5.69 Å². The zero-order valence-electron chi connectivity index (χ0n) is 12.1. The maximum atomic E-state index is 11.8. The maximum absolute atomic E-state index is 11.8. The second-order valence-electron chi connectivity index (χ2n) is 5.11. The summed E-state index contributed by atoms with van der Waals surface area (Å²) in [4.78, 5) is 11.8. The van der Waals surface area contributed by atoms with Gasteiger partial charge < -0.3 is 5.32 Å². The molecule has 1 heterocycles. The van der Waals surface area contributed by atoms with Crippen LogP contribution in [-0.4, -0.2) is 15.7 Å². The molecule has 19 heavy (non-hydrogen) atoms. The Balaban J connectivity index is 2.09. The summed E-state index contributed by atoms with van der Waals surface area (Å²) in [5, 5.41) is 3.45. The second-order valence-corrected chi connectivity index (χ2v) is 5.11. The summed E-state index contributed by atoms with van der Waals surface area (Å²) in [6.45, 7) is 4.13. The standard InChI is InChI=1S/C15H23N3O/c1-4-5-6-9-16-11-12-7-8-13-14(10-12)18(3)15(19)17(13)2/h7-8,10,16H,4-6,9,11H2,1-3H3. The number of hydrogen-bond donors (Lipinski definition) is 1. The van der Waals surface area contributed by atoms with Crippen LogP contribution < -0.4 is 11.0 Å².